The Morgan fingerprint density at radius 1 is 1.55 bits per heavy atom. The van der Waals surface area contributed by atoms with Gasteiger partial charge in [-0.1, -0.05) is 0 Å². The van der Waals surface area contributed by atoms with Crippen LogP contribution in [0.5, 0.6) is 0 Å². The number of ether oxygens (including phenoxy) is 1. The first-order valence-corrected chi connectivity index (χ1v) is 4.28. The van der Waals surface area contributed by atoms with Gasteiger partial charge in [-0.15, -0.1) is 0 Å². The third-order valence-electron chi connectivity index (χ3n) is 1.92. The fourth-order valence-electron chi connectivity index (χ4n) is 1.24. The molecule has 1 aliphatic heterocycles. The maximum Gasteiger partial charge on any atom is 0.0636 e. The molecule has 2 N–H and O–H groups in total. The molecule has 1 aliphatic rings. The molecule has 0 unspecified atom stereocenters. The van der Waals surface area contributed by atoms with E-state index in [0.717, 1.165) is 26.1 Å². The van der Waals surface area contributed by atoms with Gasteiger partial charge in [0.15, 0.2) is 0 Å². The maximum absolute atomic E-state index is 8.99. The quantitative estimate of drug-likeness (QED) is 0.615. The van der Waals surface area contributed by atoms with Crippen LogP contribution in [0.25, 0.3) is 0 Å². The molecule has 0 aromatic carbocycles. The molecule has 1 fully saturated rings. The molecule has 0 bridgehead atoms. The summed E-state index contributed by atoms with van der Waals surface area (Å²) in [6.45, 7) is 4.21. The molecule has 0 spiro atoms. The lowest BCUT2D eigenvalue weighted by Gasteiger charge is -2.23. The van der Waals surface area contributed by atoms with E-state index in [4.69, 9.17) is 9.84 Å². The highest BCUT2D eigenvalue weighted by molar-refractivity contribution is 4.70. The smallest absolute Gasteiger partial charge is 0.0636 e. The lowest BCUT2D eigenvalue weighted by atomic mass is 10.1. The zero-order chi connectivity index (χ0) is 8.10. The van der Waals surface area contributed by atoms with Crippen LogP contribution < -0.4 is 5.32 Å². The van der Waals surface area contributed by atoms with Gasteiger partial charge < -0.3 is 15.2 Å². The molecule has 0 radical (unpaired) electrons. The summed E-state index contributed by atoms with van der Waals surface area (Å²) in [5.74, 6) is 0. The summed E-state index contributed by atoms with van der Waals surface area (Å²) in [7, 11) is 0. The van der Waals surface area contributed by atoms with Crippen molar-refractivity contribution in [3.8, 4) is 0 Å². The average molecular weight is 159 g/mol. The van der Waals surface area contributed by atoms with E-state index in [9.17, 15) is 0 Å². The fourth-order valence-corrected chi connectivity index (χ4v) is 1.24. The Morgan fingerprint density at radius 2 is 2.18 bits per heavy atom. The Balaban J connectivity index is 2.05. The lowest BCUT2D eigenvalue weighted by molar-refractivity contribution is 0.0735. The minimum atomic E-state index is -0.238. The fraction of sp³-hybridized carbons (Fsp3) is 1.00. The van der Waals surface area contributed by atoms with Gasteiger partial charge in [0.05, 0.1) is 6.10 Å². The first-order valence-electron chi connectivity index (χ1n) is 4.28. The molecule has 1 saturated heterocycles. The van der Waals surface area contributed by atoms with Crippen molar-refractivity contribution in [1.29, 1.82) is 0 Å². The van der Waals surface area contributed by atoms with Gasteiger partial charge in [0.25, 0.3) is 0 Å². The van der Waals surface area contributed by atoms with E-state index in [1.807, 2.05) is 0 Å². The molecule has 0 saturated carbocycles. The van der Waals surface area contributed by atoms with Crippen molar-refractivity contribution < 1.29 is 9.84 Å². The van der Waals surface area contributed by atoms with E-state index in [0.29, 0.717) is 12.6 Å². The zero-order valence-corrected chi connectivity index (χ0v) is 7.05. The van der Waals surface area contributed by atoms with E-state index in [2.05, 4.69) is 5.32 Å². The molecule has 3 nitrogen and oxygen atoms in total. The van der Waals surface area contributed by atoms with Crippen LogP contribution >= 0.6 is 0 Å². The van der Waals surface area contributed by atoms with E-state index in [-0.39, 0.29) is 6.10 Å². The molecule has 1 heterocycles. The Hall–Kier alpha value is -0.120. The first kappa shape index (κ1) is 8.97. The Kier molecular flexibility index (Phi) is 3.83. The second-order valence-electron chi connectivity index (χ2n) is 3.14. The van der Waals surface area contributed by atoms with Crippen molar-refractivity contribution in [3.63, 3.8) is 0 Å². The van der Waals surface area contributed by atoms with Gasteiger partial charge in [0, 0.05) is 25.8 Å². The predicted molar refractivity (Wildman–Crippen MR) is 43.5 cm³/mol. The topological polar surface area (TPSA) is 41.5 Å². The van der Waals surface area contributed by atoms with Gasteiger partial charge in [0.2, 0.25) is 0 Å². The molecule has 1 rings (SSSR count). The van der Waals surface area contributed by atoms with Gasteiger partial charge in [-0.25, -0.2) is 0 Å². The van der Waals surface area contributed by atoms with E-state index >= 15 is 0 Å². The van der Waals surface area contributed by atoms with E-state index < -0.39 is 0 Å². The normalized spacial score (nSPS) is 23.5. The standard InChI is InChI=1S/C8H17NO2/c1-7(10)6-9-8-2-4-11-5-3-8/h7-10H,2-6H2,1H3/t7-/m1/s1. The van der Waals surface area contributed by atoms with Crippen LogP contribution in [0.3, 0.4) is 0 Å². The van der Waals surface area contributed by atoms with Crippen molar-refractivity contribution in [3.05, 3.63) is 0 Å². The van der Waals surface area contributed by atoms with E-state index in [1.165, 1.54) is 0 Å². The van der Waals surface area contributed by atoms with Crippen molar-refractivity contribution in [2.75, 3.05) is 19.8 Å². The van der Waals surface area contributed by atoms with Crippen LogP contribution in [0.2, 0.25) is 0 Å². The molecule has 0 aromatic rings. The van der Waals surface area contributed by atoms with Crippen molar-refractivity contribution >= 4 is 0 Å². The summed E-state index contributed by atoms with van der Waals surface area (Å²) in [5, 5.41) is 12.3. The van der Waals surface area contributed by atoms with Crippen LogP contribution in [0.15, 0.2) is 0 Å². The summed E-state index contributed by atoms with van der Waals surface area (Å²) in [5.41, 5.74) is 0. The molecule has 0 aliphatic carbocycles. The number of hydrogen-bond donors (Lipinski definition) is 2. The average Bonchev–Trinajstić information content (AvgIpc) is 2.03. The number of aliphatic hydroxyl groups excluding tert-OH is 1. The number of rotatable bonds is 3. The summed E-state index contributed by atoms with van der Waals surface area (Å²) in [4.78, 5) is 0. The molecular formula is C8H17NO2. The Morgan fingerprint density at radius 3 is 2.73 bits per heavy atom. The highest BCUT2D eigenvalue weighted by atomic mass is 16.5. The highest BCUT2D eigenvalue weighted by Gasteiger charge is 2.12. The number of hydrogen-bond acceptors (Lipinski definition) is 3. The van der Waals surface area contributed by atoms with Gasteiger partial charge in [-0.2, -0.15) is 0 Å². The molecule has 66 valence electrons. The predicted octanol–water partition coefficient (Wildman–Crippen LogP) is 0.136. The van der Waals surface area contributed by atoms with Crippen molar-refractivity contribution in [1.82, 2.24) is 5.32 Å². The monoisotopic (exact) mass is 159 g/mol. The summed E-state index contributed by atoms with van der Waals surface area (Å²) < 4.78 is 5.20. The second kappa shape index (κ2) is 4.70. The molecule has 11 heavy (non-hydrogen) atoms. The molecule has 0 aromatic heterocycles. The molecule has 0 amide bonds. The third-order valence-corrected chi connectivity index (χ3v) is 1.92. The van der Waals surface area contributed by atoms with Crippen LogP contribution in [-0.2, 0) is 4.74 Å². The summed E-state index contributed by atoms with van der Waals surface area (Å²) in [6, 6.07) is 0.554. The van der Waals surface area contributed by atoms with Gasteiger partial charge >= 0.3 is 0 Å². The minimum absolute atomic E-state index is 0.238. The Labute approximate surface area is 67.7 Å². The number of nitrogens with one attached hydrogen (secondary N) is 1. The molecule has 1 atom stereocenters. The Bertz CT molecular complexity index is 100. The van der Waals surface area contributed by atoms with Gasteiger partial charge in [0.1, 0.15) is 0 Å². The first-order chi connectivity index (χ1) is 5.29. The van der Waals surface area contributed by atoms with Gasteiger partial charge in [-0.05, 0) is 19.8 Å². The SMILES string of the molecule is C[C@@H](O)CNC1CCOCC1. The summed E-state index contributed by atoms with van der Waals surface area (Å²) >= 11 is 0. The van der Waals surface area contributed by atoms with E-state index in [1.54, 1.807) is 6.92 Å². The largest absolute Gasteiger partial charge is 0.392 e. The second-order valence-corrected chi connectivity index (χ2v) is 3.14. The van der Waals surface area contributed by atoms with Crippen LogP contribution in [0.1, 0.15) is 19.8 Å². The summed E-state index contributed by atoms with van der Waals surface area (Å²) in [6.07, 6.45) is 1.91. The van der Waals surface area contributed by atoms with Gasteiger partial charge in [-0.3, -0.25) is 0 Å². The highest BCUT2D eigenvalue weighted by Crippen LogP contribution is 2.05. The molecule has 3 heteroatoms. The molecular weight excluding hydrogens is 142 g/mol. The van der Waals surface area contributed by atoms with Crippen molar-refractivity contribution in [2.24, 2.45) is 0 Å². The third kappa shape index (κ3) is 3.70. The maximum atomic E-state index is 8.99. The lowest BCUT2D eigenvalue weighted by Crippen LogP contribution is -2.38. The van der Waals surface area contributed by atoms with Crippen LogP contribution in [-0.4, -0.2) is 37.0 Å². The minimum Gasteiger partial charge on any atom is -0.392 e. The van der Waals surface area contributed by atoms with Crippen LogP contribution in [0, 0.1) is 0 Å². The van der Waals surface area contributed by atoms with Crippen molar-refractivity contribution in [2.45, 2.75) is 31.9 Å². The zero-order valence-electron chi connectivity index (χ0n) is 7.05. The number of aliphatic hydroxyl groups is 1. The van der Waals surface area contributed by atoms with Crippen LogP contribution in [0.4, 0.5) is 0 Å².